The third-order valence-corrected chi connectivity index (χ3v) is 3.61. The van der Waals surface area contributed by atoms with Gasteiger partial charge in [0.1, 0.15) is 0 Å². The van der Waals surface area contributed by atoms with E-state index in [1.165, 1.54) is 32.0 Å². The van der Waals surface area contributed by atoms with E-state index < -0.39 is 0 Å². The number of benzene rings is 2. The highest BCUT2D eigenvalue weighted by molar-refractivity contribution is 5.40. The molecule has 2 aromatic carbocycles. The normalized spacial score (nSPS) is 11.1. The van der Waals surface area contributed by atoms with Crippen molar-refractivity contribution in [3.63, 3.8) is 0 Å². The topological polar surface area (TPSA) is 0 Å². The molecule has 0 N–H and O–H groups in total. The molecule has 2 aromatic rings. The maximum Gasteiger partial charge on any atom is -0.00608 e. The van der Waals surface area contributed by atoms with E-state index in [-0.39, 0.29) is 0 Å². The molecule has 0 aliphatic heterocycles. The Morgan fingerprint density at radius 3 is 2.22 bits per heavy atom. The zero-order valence-electron chi connectivity index (χ0n) is 10.4. The molecule has 18 heavy (non-hydrogen) atoms. The maximum atomic E-state index is 3.88. The van der Waals surface area contributed by atoms with Crippen LogP contribution in [0.3, 0.4) is 0 Å². The fourth-order valence-electron chi connectivity index (χ4n) is 2.82. The lowest BCUT2D eigenvalue weighted by Crippen LogP contribution is -2.01. The van der Waals surface area contributed by atoms with Gasteiger partial charge in [0.2, 0.25) is 0 Å². The minimum Gasteiger partial charge on any atom is -0.103 e. The van der Waals surface area contributed by atoms with Gasteiger partial charge in [-0.1, -0.05) is 48.6 Å². The van der Waals surface area contributed by atoms with Gasteiger partial charge in [-0.15, -0.1) is 13.2 Å². The van der Waals surface area contributed by atoms with Crippen molar-refractivity contribution >= 4 is 0 Å². The number of hydrogen-bond donors (Lipinski definition) is 0. The van der Waals surface area contributed by atoms with Gasteiger partial charge in [-0.2, -0.15) is 0 Å². The molecule has 0 spiro atoms. The van der Waals surface area contributed by atoms with E-state index >= 15 is 0 Å². The van der Waals surface area contributed by atoms with Crippen molar-refractivity contribution in [1.29, 1.82) is 0 Å². The molecule has 0 nitrogen and oxygen atoms in total. The standard InChI is InChI=1S/C18H16/c1-3-7-13-11-12-17-15-9-5-6-10-16(15)18(17)14(13)8-4-2/h3-6,9-12H,1-2,7-8H2. The second-order valence-corrected chi connectivity index (χ2v) is 4.66. The van der Waals surface area contributed by atoms with E-state index in [0.717, 1.165) is 12.8 Å². The van der Waals surface area contributed by atoms with Crippen LogP contribution in [-0.4, -0.2) is 0 Å². The molecular formula is C18H16. The van der Waals surface area contributed by atoms with Crippen molar-refractivity contribution in [2.24, 2.45) is 0 Å². The third kappa shape index (κ3) is 1.46. The summed E-state index contributed by atoms with van der Waals surface area (Å²) in [7, 11) is 0. The molecule has 0 bridgehead atoms. The molecule has 0 atom stereocenters. The van der Waals surface area contributed by atoms with E-state index in [2.05, 4.69) is 49.6 Å². The number of fused-ring (bicyclic) bond motifs is 2. The van der Waals surface area contributed by atoms with Crippen molar-refractivity contribution in [3.05, 3.63) is 93.7 Å². The van der Waals surface area contributed by atoms with Crippen molar-refractivity contribution in [2.75, 3.05) is 0 Å². The van der Waals surface area contributed by atoms with Crippen LogP contribution in [0, 0.1) is 20.9 Å². The van der Waals surface area contributed by atoms with Crippen molar-refractivity contribution in [1.82, 2.24) is 0 Å². The molecule has 1 aliphatic carbocycles. The Bertz CT molecular complexity index is 810. The van der Waals surface area contributed by atoms with Crippen LogP contribution in [0.2, 0.25) is 0 Å². The summed E-state index contributed by atoms with van der Waals surface area (Å²) in [5.74, 6) is 0. The number of allylic oxidation sites excluding steroid dienone is 2. The Morgan fingerprint density at radius 1 is 0.778 bits per heavy atom. The lowest BCUT2D eigenvalue weighted by Gasteiger charge is -2.13. The molecular weight excluding hydrogens is 216 g/mol. The minimum atomic E-state index is 0.929. The highest BCUT2D eigenvalue weighted by atomic mass is 14.1. The third-order valence-electron chi connectivity index (χ3n) is 3.61. The lowest BCUT2D eigenvalue weighted by molar-refractivity contribution is 1.09. The first-order valence-corrected chi connectivity index (χ1v) is 6.33. The van der Waals surface area contributed by atoms with E-state index in [9.17, 15) is 0 Å². The van der Waals surface area contributed by atoms with Gasteiger partial charge < -0.3 is 0 Å². The van der Waals surface area contributed by atoms with E-state index in [1.54, 1.807) is 0 Å². The molecule has 0 aromatic heterocycles. The molecule has 0 fully saturated rings. The van der Waals surface area contributed by atoms with Crippen LogP contribution in [0.15, 0.2) is 61.7 Å². The zero-order chi connectivity index (χ0) is 12.5. The summed E-state index contributed by atoms with van der Waals surface area (Å²) in [6.45, 7) is 7.73. The first-order chi connectivity index (χ1) is 8.86. The SMILES string of the molecule is C=CCc1ccc2c(c1CC=C)=c1ccccc1=2. The Kier molecular flexibility index (Phi) is 2.64. The fraction of sp³-hybridized carbons (Fsp3) is 0.111. The van der Waals surface area contributed by atoms with Crippen molar-refractivity contribution in [2.45, 2.75) is 12.8 Å². The van der Waals surface area contributed by atoms with Crippen LogP contribution in [0.25, 0.3) is 0 Å². The van der Waals surface area contributed by atoms with Crippen LogP contribution in [0.5, 0.6) is 0 Å². The lowest BCUT2D eigenvalue weighted by atomic mass is 9.91. The van der Waals surface area contributed by atoms with Gasteiger partial charge >= 0.3 is 0 Å². The predicted octanol–water partition coefficient (Wildman–Crippen LogP) is 4.03. The summed E-state index contributed by atoms with van der Waals surface area (Å²) in [5, 5.41) is 5.57. The fourth-order valence-corrected chi connectivity index (χ4v) is 2.82. The summed E-state index contributed by atoms with van der Waals surface area (Å²) >= 11 is 0. The van der Waals surface area contributed by atoms with Gasteiger partial charge in [0, 0.05) is 0 Å². The van der Waals surface area contributed by atoms with Crippen molar-refractivity contribution in [3.8, 4) is 0 Å². The van der Waals surface area contributed by atoms with E-state index in [0.29, 0.717) is 0 Å². The quantitative estimate of drug-likeness (QED) is 0.596. The van der Waals surface area contributed by atoms with Crippen LogP contribution < -0.4 is 0 Å². The average molecular weight is 232 g/mol. The molecule has 0 saturated carbocycles. The molecule has 88 valence electrons. The van der Waals surface area contributed by atoms with Crippen LogP contribution in [0.1, 0.15) is 11.1 Å². The molecule has 0 saturated heterocycles. The van der Waals surface area contributed by atoms with Gasteiger partial charge in [0.15, 0.2) is 0 Å². The first kappa shape index (κ1) is 11.0. The van der Waals surface area contributed by atoms with Gasteiger partial charge in [-0.05, 0) is 44.8 Å². The Morgan fingerprint density at radius 2 is 1.50 bits per heavy atom. The highest BCUT2D eigenvalue weighted by Gasteiger charge is 2.09. The van der Waals surface area contributed by atoms with Crippen LogP contribution in [-0.2, 0) is 12.8 Å². The Hall–Kier alpha value is -2.08. The maximum absolute atomic E-state index is 3.88. The van der Waals surface area contributed by atoms with Gasteiger partial charge in [-0.25, -0.2) is 0 Å². The minimum absolute atomic E-state index is 0.929. The summed E-state index contributed by atoms with van der Waals surface area (Å²) in [6, 6.07) is 13.1. The monoisotopic (exact) mass is 232 g/mol. The van der Waals surface area contributed by atoms with Crippen LogP contribution in [0.4, 0.5) is 0 Å². The number of hydrogen-bond acceptors (Lipinski definition) is 0. The van der Waals surface area contributed by atoms with E-state index in [1.807, 2.05) is 12.2 Å². The number of rotatable bonds is 4. The largest absolute Gasteiger partial charge is 0.103 e. The Labute approximate surface area is 107 Å². The molecule has 1 aliphatic rings. The second kappa shape index (κ2) is 4.30. The highest BCUT2D eigenvalue weighted by Crippen LogP contribution is 2.21. The summed E-state index contributed by atoms with van der Waals surface area (Å²) in [6.07, 6.45) is 5.82. The predicted molar refractivity (Wildman–Crippen MR) is 76.0 cm³/mol. The summed E-state index contributed by atoms with van der Waals surface area (Å²) in [5.41, 5.74) is 2.79. The molecule has 0 unspecified atom stereocenters. The zero-order valence-corrected chi connectivity index (χ0v) is 10.4. The second-order valence-electron chi connectivity index (χ2n) is 4.66. The van der Waals surface area contributed by atoms with Gasteiger partial charge in [-0.3, -0.25) is 0 Å². The summed E-state index contributed by atoms with van der Waals surface area (Å²) in [4.78, 5) is 0. The molecule has 0 heterocycles. The van der Waals surface area contributed by atoms with Gasteiger partial charge in [0.25, 0.3) is 0 Å². The van der Waals surface area contributed by atoms with Crippen molar-refractivity contribution < 1.29 is 0 Å². The molecule has 0 radical (unpaired) electrons. The molecule has 3 rings (SSSR count). The van der Waals surface area contributed by atoms with Gasteiger partial charge in [0.05, 0.1) is 0 Å². The Balaban J connectivity index is 2.40. The van der Waals surface area contributed by atoms with Crippen LogP contribution >= 0.6 is 0 Å². The molecule has 0 heteroatoms. The first-order valence-electron chi connectivity index (χ1n) is 6.33. The molecule has 0 amide bonds. The average Bonchev–Trinajstić information content (AvgIpc) is 2.38. The smallest absolute Gasteiger partial charge is 0.00608 e. The summed E-state index contributed by atoms with van der Waals surface area (Å²) < 4.78 is 0. The van der Waals surface area contributed by atoms with E-state index in [4.69, 9.17) is 0 Å².